The molecule has 1 aromatic heterocycles. The van der Waals surface area contributed by atoms with Crippen LogP contribution >= 0.6 is 0 Å². The van der Waals surface area contributed by atoms with E-state index in [0.717, 1.165) is 22.6 Å². The fraction of sp³-hybridized carbons (Fsp3) is 0.643. The highest BCUT2D eigenvalue weighted by atomic mass is 16.5. The lowest BCUT2D eigenvalue weighted by Crippen LogP contribution is -2.33. The molecule has 1 rings (SSSR count). The summed E-state index contributed by atoms with van der Waals surface area (Å²) >= 11 is 0. The van der Waals surface area contributed by atoms with E-state index in [0.29, 0.717) is 6.42 Å². The summed E-state index contributed by atoms with van der Waals surface area (Å²) in [6.07, 6.45) is 0.527. The topological polar surface area (TPSA) is 62.6 Å². The summed E-state index contributed by atoms with van der Waals surface area (Å²) < 4.78 is 5.32. The standard InChI is InChI=1S/C14H23NO3/c1-8(2)13(17)12(16)6-11-10(4)14(18-5)9(3)7-15-11/h7-8,12-13,16-17H,6H2,1-5H3. The Hall–Kier alpha value is -1.13. The van der Waals surface area contributed by atoms with Crippen LogP contribution in [-0.2, 0) is 6.42 Å². The normalized spacial score (nSPS) is 14.7. The molecule has 0 aliphatic carbocycles. The van der Waals surface area contributed by atoms with Crippen molar-refractivity contribution in [3.63, 3.8) is 0 Å². The van der Waals surface area contributed by atoms with Crippen molar-refractivity contribution >= 4 is 0 Å². The van der Waals surface area contributed by atoms with Crippen LogP contribution in [0.5, 0.6) is 5.75 Å². The molecule has 0 spiro atoms. The first-order valence-electron chi connectivity index (χ1n) is 6.23. The first-order chi connectivity index (χ1) is 8.38. The predicted molar refractivity (Wildman–Crippen MR) is 70.8 cm³/mol. The first-order valence-corrected chi connectivity index (χ1v) is 6.23. The van der Waals surface area contributed by atoms with Gasteiger partial charge in [-0.15, -0.1) is 0 Å². The minimum absolute atomic E-state index is 0.0210. The summed E-state index contributed by atoms with van der Waals surface area (Å²) in [5.41, 5.74) is 2.66. The third-order valence-electron chi connectivity index (χ3n) is 3.23. The second-order valence-corrected chi connectivity index (χ2v) is 5.05. The number of ether oxygens (including phenoxy) is 1. The van der Waals surface area contributed by atoms with Crippen molar-refractivity contribution in [2.45, 2.75) is 46.3 Å². The monoisotopic (exact) mass is 253 g/mol. The van der Waals surface area contributed by atoms with E-state index in [-0.39, 0.29) is 5.92 Å². The molecule has 0 saturated heterocycles. The fourth-order valence-electron chi connectivity index (χ4n) is 2.04. The Morgan fingerprint density at radius 3 is 2.39 bits per heavy atom. The van der Waals surface area contributed by atoms with Gasteiger partial charge in [-0.3, -0.25) is 4.98 Å². The molecule has 0 bridgehead atoms. The van der Waals surface area contributed by atoms with E-state index in [2.05, 4.69) is 4.98 Å². The van der Waals surface area contributed by atoms with Gasteiger partial charge in [-0.05, 0) is 19.8 Å². The summed E-state index contributed by atoms with van der Waals surface area (Å²) in [7, 11) is 1.62. The fourth-order valence-corrected chi connectivity index (χ4v) is 2.04. The molecule has 4 nitrogen and oxygen atoms in total. The van der Waals surface area contributed by atoms with Crippen LogP contribution in [0.3, 0.4) is 0 Å². The van der Waals surface area contributed by atoms with Crippen molar-refractivity contribution in [2.24, 2.45) is 5.92 Å². The van der Waals surface area contributed by atoms with Gasteiger partial charge in [0.05, 0.1) is 19.3 Å². The van der Waals surface area contributed by atoms with Crippen molar-refractivity contribution in [3.8, 4) is 5.75 Å². The van der Waals surface area contributed by atoms with Gasteiger partial charge in [0.2, 0.25) is 0 Å². The van der Waals surface area contributed by atoms with E-state index >= 15 is 0 Å². The van der Waals surface area contributed by atoms with Crippen LogP contribution < -0.4 is 4.74 Å². The summed E-state index contributed by atoms with van der Waals surface area (Å²) in [5.74, 6) is 0.818. The van der Waals surface area contributed by atoms with Crippen molar-refractivity contribution < 1.29 is 14.9 Å². The Kier molecular flexibility index (Phi) is 5.11. The van der Waals surface area contributed by atoms with Gasteiger partial charge in [0.15, 0.2) is 0 Å². The number of hydrogen-bond acceptors (Lipinski definition) is 4. The Morgan fingerprint density at radius 2 is 1.89 bits per heavy atom. The highest BCUT2D eigenvalue weighted by Crippen LogP contribution is 2.25. The average Bonchev–Trinajstić information content (AvgIpc) is 2.32. The van der Waals surface area contributed by atoms with E-state index in [1.807, 2.05) is 27.7 Å². The minimum atomic E-state index is -0.802. The van der Waals surface area contributed by atoms with Crippen LogP contribution in [0, 0.1) is 19.8 Å². The van der Waals surface area contributed by atoms with Gasteiger partial charge in [0.25, 0.3) is 0 Å². The van der Waals surface area contributed by atoms with Crippen molar-refractivity contribution in [2.75, 3.05) is 7.11 Å². The summed E-state index contributed by atoms with van der Waals surface area (Å²) in [4.78, 5) is 4.32. The Bertz CT molecular complexity index is 404. The Balaban J connectivity index is 2.92. The zero-order valence-corrected chi connectivity index (χ0v) is 11.8. The highest BCUT2D eigenvalue weighted by Gasteiger charge is 2.22. The van der Waals surface area contributed by atoms with Crippen LogP contribution in [0.4, 0.5) is 0 Å². The highest BCUT2D eigenvalue weighted by molar-refractivity contribution is 5.41. The maximum Gasteiger partial charge on any atom is 0.128 e. The smallest absolute Gasteiger partial charge is 0.128 e. The molecule has 102 valence electrons. The molecule has 0 saturated carbocycles. The average molecular weight is 253 g/mol. The summed E-state index contributed by atoms with van der Waals surface area (Å²) in [6.45, 7) is 7.61. The molecule has 0 fully saturated rings. The molecule has 18 heavy (non-hydrogen) atoms. The minimum Gasteiger partial charge on any atom is -0.496 e. The zero-order valence-electron chi connectivity index (χ0n) is 11.8. The Morgan fingerprint density at radius 1 is 1.28 bits per heavy atom. The van der Waals surface area contributed by atoms with Crippen molar-refractivity contribution in [1.29, 1.82) is 0 Å². The number of nitrogens with zero attached hydrogens (tertiary/aromatic N) is 1. The van der Waals surface area contributed by atoms with E-state index < -0.39 is 12.2 Å². The lowest BCUT2D eigenvalue weighted by Gasteiger charge is -2.22. The van der Waals surface area contributed by atoms with Crippen LogP contribution in [0.2, 0.25) is 0 Å². The molecule has 0 aliphatic heterocycles. The van der Waals surface area contributed by atoms with Gasteiger partial charge >= 0.3 is 0 Å². The van der Waals surface area contributed by atoms with Gasteiger partial charge in [0.1, 0.15) is 5.75 Å². The van der Waals surface area contributed by atoms with E-state index in [1.165, 1.54) is 0 Å². The predicted octanol–water partition coefficient (Wildman–Crippen LogP) is 1.63. The second-order valence-electron chi connectivity index (χ2n) is 5.05. The van der Waals surface area contributed by atoms with E-state index in [1.54, 1.807) is 13.3 Å². The molecule has 0 radical (unpaired) electrons. The number of aromatic nitrogens is 1. The summed E-state index contributed by atoms with van der Waals surface area (Å²) in [6, 6.07) is 0. The van der Waals surface area contributed by atoms with Gasteiger partial charge in [-0.2, -0.15) is 0 Å². The number of aliphatic hydroxyl groups is 2. The molecule has 2 unspecified atom stereocenters. The molecule has 0 aromatic carbocycles. The molecule has 1 aromatic rings. The molecule has 0 aliphatic rings. The van der Waals surface area contributed by atoms with Crippen LogP contribution in [-0.4, -0.2) is 34.5 Å². The first kappa shape index (κ1) is 14.9. The molecule has 2 atom stereocenters. The number of pyridine rings is 1. The largest absolute Gasteiger partial charge is 0.496 e. The lowest BCUT2D eigenvalue weighted by molar-refractivity contribution is -0.00787. The number of aryl methyl sites for hydroxylation is 1. The van der Waals surface area contributed by atoms with Crippen LogP contribution in [0.25, 0.3) is 0 Å². The van der Waals surface area contributed by atoms with Gasteiger partial charge in [0, 0.05) is 29.4 Å². The number of rotatable bonds is 5. The molecule has 2 N–H and O–H groups in total. The van der Waals surface area contributed by atoms with Gasteiger partial charge < -0.3 is 14.9 Å². The summed E-state index contributed by atoms with van der Waals surface area (Å²) in [5, 5.41) is 19.8. The second kappa shape index (κ2) is 6.16. The third kappa shape index (κ3) is 3.21. The Labute approximate surface area is 109 Å². The van der Waals surface area contributed by atoms with E-state index in [9.17, 15) is 10.2 Å². The lowest BCUT2D eigenvalue weighted by atomic mass is 9.96. The number of methoxy groups -OCH3 is 1. The number of hydrogen-bond donors (Lipinski definition) is 2. The molecule has 0 amide bonds. The quantitative estimate of drug-likeness (QED) is 0.837. The number of aliphatic hydroxyl groups excluding tert-OH is 2. The van der Waals surface area contributed by atoms with Crippen LogP contribution in [0.1, 0.15) is 30.7 Å². The zero-order chi connectivity index (χ0) is 13.9. The molecular formula is C14H23NO3. The van der Waals surface area contributed by atoms with Crippen molar-refractivity contribution in [1.82, 2.24) is 4.98 Å². The van der Waals surface area contributed by atoms with E-state index in [4.69, 9.17) is 4.74 Å². The molecule has 1 heterocycles. The molecule has 4 heteroatoms. The van der Waals surface area contributed by atoms with Crippen molar-refractivity contribution in [3.05, 3.63) is 23.0 Å². The maximum absolute atomic E-state index is 9.97. The molecular weight excluding hydrogens is 230 g/mol. The third-order valence-corrected chi connectivity index (χ3v) is 3.23. The maximum atomic E-state index is 9.97. The van der Waals surface area contributed by atoms with Crippen LogP contribution in [0.15, 0.2) is 6.20 Å². The SMILES string of the molecule is COc1c(C)cnc(CC(O)C(O)C(C)C)c1C. The van der Waals surface area contributed by atoms with Gasteiger partial charge in [-0.25, -0.2) is 0 Å². The van der Waals surface area contributed by atoms with Gasteiger partial charge in [-0.1, -0.05) is 13.8 Å².